The highest BCUT2D eigenvalue weighted by Crippen LogP contribution is 2.46. The second-order valence-electron chi connectivity index (χ2n) is 3.65. The van der Waals surface area contributed by atoms with Crippen molar-refractivity contribution in [1.29, 1.82) is 5.26 Å². The van der Waals surface area contributed by atoms with E-state index < -0.39 is 5.41 Å². The molecule has 1 fully saturated rings. The molecule has 0 heterocycles. The number of nitriles is 1. The van der Waals surface area contributed by atoms with Crippen LogP contribution in [0.3, 0.4) is 0 Å². The molecule has 0 N–H and O–H groups in total. The summed E-state index contributed by atoms with van der Waals surface area (Å²) in [5.74, 6) is -0.288. The van der Waals surface area contributed by atoms with Gasteiger partial charge in [0.05, 0.1) is 16.0 Å². The van der Waals surface area contributed by atoms with Gasteiger partial charge in [0.2, 0.25) is 0 Å². The Morgan fingerprint density at radius 2 is 2.14 bits per heavy atom. The maximum atomic E-state index is 13.3. The van der Waals surface area contributed by atoms with Gasteiger partial charge in [-0.05, 0) is 46.8 Å². The molecule has 1 aliphatic carbocycles. The number of hydrogen-bond acceptors (Lipinski definition) is 1. The fraction of sp³-hybridized carbons (Fsp3) is 0.364. The van der Waals surface area contributed by atoms with Crippen molar-refractivity contribution in [2.75, 3.05) is 0 Å². The van der Waals surface area contributed by atoms with Crippen molar-refractivity contribution in [2.45, 2.75) is 24.7 Å². The van der Waals surface area contributed by atoms with E-state index in [1.807, 2.05) is 6.07 Å². The molecule has 1 nitrogen and oxygen atoms in total. The maximum absolute atomic E-state index is 13.3. The maximum Gasteiger partial charge on any atom is 0.137 e. The van der Waals surface area contributed by atoms with Crippen LogP contribution < -0.4 is 0 Å². The molecule has 0 atom stereocenters. The lowest BCUT2D eigenvalue weighted by Gasteiger charge is -2.36. The lowest BCUT2D eigenvalue weighted by Crippen LogP contribution is -2.32. The summed E-state index contributed by atoms with van der Waals surface area (Å²) in [4.78, 5) is 0. The zero-order valence-corrected chi connectivity index (χ0v) is 9.14. The van der Waals surface area contributed by atoms with Crippen LogP contribution in [0, 0.1) is 17.1 Å². The van der Waals surface area contributed by atoms with E-state index in [9.17, 15) is 4.39 Å². The average Bonchev–Trinajstić information content (AvgIpc) is 2.11. The summed E-state index contributed by atoms with van der Waals surface area (Å²) in [6.07, 6.45) is 2.73. The molecule has 0 aromatic heterocycles. The van der Waals surface area contributed by atoms with Crippen LogP contribution in [0.4, 0.5) is 4.39 Å². The molecule has 2 rings (SSSR count). The Morgan fingerprint density at radius 3 is 2.64 bits per heavy atom. The Balaban J connectivity index is 2.51. The van der Waals surface area contributed by atoms with E-state index in [1.165, 1.54) is 6.07 Å². The third-order valence-electron chi connectivity index (χ3n) is 2.89. The number of halogens is 2. The quantitative estimate of drug-likeness (QED) is 0.752. The Labute approximate surface area is 90.7 Å². The van der Waals surface area contributed by atoms with Gasteiger partial charge in [-0.2, -0.15) is 5.26 Å². The fourth-order valence-corrected chi connectivity index (χ4v) is 2.49. The Morgan fingerprint density at radius 1 is 1.43 bits per heavy atom. The first-order chi connectivity index (χ1) is 6.69. The third kappa shape index (κ3) is 1.26. The SMILES string of the molecule is N#CC1(c2cccc(F)c2Br)CCC1. The van der Waals surface area contributed by atoms with Crippen LogP contribution in [0.15, 0.2) is 22.7 Å². The summed E-state index contributed by atoms with van der Waals surface area (Å²) in [5, 5.41) is 9.11. The van der Waals surface area contributed by atoms with Gasteiger partial charge >= 0.3 is 0 Å². The zero-order chi connectivity index (χ0) is 10.2. The number of hydrogen-bond donors (Lipinski definition) is 0. The Kier molecular flexibility index (Phi) is 2.32. The molecule has 0 bridgehead atoms. The number of benzene rings is 1. The first-order valence-corrected chi connectivity index (χ1v) is 5.35. The summed E-state index contributed by atoms with van der Waals surface area (Å²) in [6.45, 7) is 0. The van der Waals surface area contributed by atoms with E-state index in [4.69, 9.17) is 5.26 Å². The monoisotopic (exact) mass is 253 g/mol. The van der Waals surface area contributed by atoms with Gasteiger partial charge in [0.25, 0.3) is 0 Å². The van der Waals surface area contributed by atoms with Crippen LogP contribution in [0.5, 0.6) is 0 Å². The molecule has 1 saturated carbocycles. The summed E-state index contributed by atoms with van der Waals surface area (Å²) < 4.78 is 13.7. The minimum Gasteiger partial charge on any atom is -0.206 e. The van der Waals surface area contributed by atoms with Crippen LogP contribution in [-0.2, 0) is 5.41 Å². The van der Waals surface area contributed by atoms with Gasteiger partial charge in [-0.25, -0.2) is 4.39 Å². The normalized spacial score (nSPS) is 18.4. The largest absolute Gasteiger partial charge is 0.206 e. The van der Waals surface area contributed by atoms with Crippen LogP contribution in [0.25, 0.3) is 0 Å². The van der Waals surface area contributed by atoms with Crippen molar-refractivity contribution < 1.29 is 4.39 Å². The average molecular weight is 254 g/mol. The smallest absolute Gasteiger partial charge is 0.137 e. The van der Waals surface area contributed by atoms with Gasteiger partial charge in [-0.15, -0.1) is 0 Å². The van der Waals surface area contributed by atoms with E-state index >= 15 is 0 Å². The van der Waals surface area contributed by atoms with Crippen LogP contribution >= 0.6 is 15.9 Å². The molecule has 0 spiro atoms. The highest BCUT2D eigenvalue weighted by molar-refractivity contribution is 9.10. The highest BCUT2D eigenvalue weighted by atomic mass is 79.9. The predicted octanol–water partition coefficient (Wildman–Crippen LogP) is 3.53. The number of rotatable bonds is 1. The molecular weight excluding hydrogens is 245 g/mol. The minimum atomic E-state index is -0.444. The molecule has 14 heavy (non-hydrogen) atoms. The number of nitrogens with zero attached hydrogens (tertiary/aromatic N) is 1. The fourth-order valence-electron chi connectivity index (χ4n) is 1.85. The first kappa shape index (κ1) is 9.67. The topological polar surface area (TPSA) is 23.8 Å². The van der Waals surface area contributed by atoms with Crippen molar-refractivity contribution in [3.63, 3.8) is 0 Å². The summed E-state index contributed by atoms with van der Waals surface area (Å²) in [5.41, 5.74) is 0.354. The molecule has 0 saturated heterocycles. The van der Waals surface area contributed by atoms with E-state index in [-0.39, 0.29) is 5.82 Å². The molecule has 1 aromatic rings. The Hall–Kier alpha value is -0.880. The van der Waals surface area contributed by atoms with Crippen molar-refractivity contribution in [1.82, 2.24) is 0 Å². The van der Waals surface area contributed by atoms with E-state index in [2.05, 4.69) is 22.0 Å². The summed E-state index contributed by atoms with van der Waals surface area (Å²) in [7, 11) is 0. The minimum absolute atomic E-state index is 0.288. The van der Waals surface area contributed by atoms with Crippen molar-refractivity contribution >= 4 is 15.9 Å². The van der Waals surface area contributed by atoms with E-state index in [1.54, 1.807) is 6.07 Å². The molecule has 1 aliphatic rings. The van der Waals surface area contributed by atoms with Gasteiger partial charge in [0, 0.05) is 0 Å². The van der Waals surface area contributed by atoms with Crippen LogP contribution in [-0.4, -0.2) is 0 Å². The second kappa shape index (κ2) is 3.36. The summed E-state index contributed by atoms with van der Waals surface area (Å²) >= 11 is 3.21. The van der Waals surface area contributed by atoms with Crippen molar-refractivity contribution in [3.8, 4) is 6.07 Å². The van der Waals surface area contributed by atoms with E-state index in [0.717, 1.165) is 24.8 Å². The third-order valence-corrected chi connectivity index (χ3v) is 3.69. The van der Waals surface area contributed by atoms with Crippen molar-refractivity contribution in [2.24, 2.45) is 0 Å². The standard InChI is InChI=1S/C11H9BrFN/c12-10-8(3-1-4-9(10)13)11(7-14)5-2-6-11/h1,3-4H,2,5-6H2. The molecule has 0 radical (unpaired) electrons. The van der Waals surface area contributed by atoms with Gasteiger partial charge in [0.15, 0.2) is 0 Å². The molecular formula is C11H9BrFN. The molecule has 0 amide bonds. The lowest BCUT2D eigenvalue weighted by molar-refractivity contribution is 0.321. The lowest BCUT2D eigenvalue weighted by atomic mass is 9.65. The molecule has 72 valence electrons. The predicted molar refractivity (Wildman–Crippen MR) is 55.2 cm³/mol. The van der Waals surface area contributed by atoms with E-state index in [0.29, 0.717) is 4.47 Å². The first-order valence-electron chi connectivity index (χ1n) is 4.55. The molecule has 0 unspecified atom stereocenters. The van der Waals surface area contributed by atoms with Crippen LogP contribution in [0.2, 0.25) is 0 Å². The van der Waals surface area contributed by atoms with Crippen LogP contribution in [0.1, 0.15) is 24.8 Å². The highest BCUT2D eigenvalue weighted by Gasteiger charge is 2.40. The van der Waals surface area contributed by atoms with Gasteiger partial charge in [-0.3, -0.25) is 0 Å². The van der Waals surface area contributed by atoms with Gasteiger partial charge in [0.1, 0.15) is 5.82 Å². The second-order valence-corrected chi connectivity index (χ2v) is 4.44. The Bertz CT molecular complexity index is 404. The van der Waals surface area contributed by atoms with Gasteiger partial charge in [-0.1, -0.05) is 12.1 Å². The molecule has 1 aromatic carbocycles. The van der Waals surface area contributed by atoms with Crippen molar-refractivity contribution in [3.05, 3.63) is 34.1 Å². The zero-order valence-electron chi connectivity index (χ0n) is 7.56. The molecule has 3 heteroatoms. The van der Waals surface area contributed by atoms with Gasteiger partial charge < -0.3 is 0 Å². The summed E-state index contributed by atoms with van der Waals surface area (Å²) in [6, 6.07) is 7.19. The molecule has 0 aliphatic heterocycles.